The van der Waals surface area contributed by atoms with Gasteiger partial charge in [0.2, 0.25) is 0 Å². The summed E-state index contributed by atoms with van der Waals surface area (Å²) < 4.78 is 0. The molecule has 0 spiro atoms. The summed E-state index contributed by atoms with van der Waals surface area (Å²) in [5.41, 5.74) is 0. The molecule has 1 heterocycles. The molecule has 0 aromatic carbocycles. The molecule has 0 radical (unpaired) electrons. The third-order valence-electron chi connectivity index (χ3n) is 10.1. The van der Waals surface area contributed by atoms with Gasteiger partial charge >= 0.3 is 0 Å². The molecule has 3 heteroatoms. The van der Waals surface area contributed by atoms with Gasteiger partial charge in [-0.3, -0.25) is 0 Å². The highest BCUT2D eigenvalue weighted by Crippen LogP contribution is 2.23. The van der Waals surface area contributed by atoms with Gasteiger partial charge in [-0.15, -0.1) is 0 Å². The zero-order valence-corrected chi connectivity index (χ0v) is 30.5. The first-order valence-corrected chi connectivity index (χ1v) is 20.6. The number of nitrogens with zero attached hydrogens (tertiary/aromatic N) is 2. The molecule has 1 unspecified atom stereocenters. The van der Waals surface area contributed by atoms with E-state index in [1.165, 1.54) is 212 Å². The smallest absolute Gasteiger partial charge is 0.101 e. The highest BCUT2D eigenvalue weighted by atomic mass is 16.3. The van der Waals surface area contributed by atoms with E-state index in [-0.39, 0.29) is 0 Å². The van der Waals surface area contributed by atoms with Crippen LogP contribution in [0.2, 0.25) is 0 Å². The van der Waals surface area contributed by atoms with Crippen LogP contribution >= 0.6 is 0 Å². The maximum atomic E-state index is 9.39. The summed E-state index contributed by atoms with van der Waals surface area (Å²) >= 11 is 0. The van der Waals surface area contributed by atoms with Crippen molar-refractivity contribution >= 4 is 0 Å². The Labute approximate surface area is 278 Å². The molecule has 3 nitrogen and oxygen atoms in total. The van der Waals surface area contributed by atoms with Crippen molar-refractivity contribution in [2.75, 3.05) is 19.7 Å². The SMILES string of the molecule is CCCCCCCCCCCCCCCCCCN1C=CN(CCCO)C1CCCCCCCCCCCCCCCCC. The van der Waals surface area contributed by atoms with E-state index in [9.17, 15) is 5.11 Å². The van der Waals surface area contributed by atoms with Gasteiger partial charge in [0.05, 0.1) is 0 Å². The monoisotopic (exact) mass is 619 g/mol. The van der Waals surface area contributed by atoms with Crippen LogP contribution in [0, 0.1) is 0 Å². The summed E-state index contributed by atoms with van der Waals surface area (Å²) in [7, 11) is 0. The van der Waals surface area contributed by atoms with Crippen LogP contribution < -0.4 is 0 Å². The quantitative estimate of drug-likeness (QED) is 0.0708. The van der Waals surface area contributed by atoms with Crippen LogP contribution in [0.4, 0.5) is 0 Å². The van der Waals surface area contributed by atoms with Crippen molar-refractivity contribution < 1.29 is 5.11 Å². The van der Waals surface area contributed by atoms with Crippen molar-refractivity contribution in [3.63, 3.8) is 0 Å². The number of rotatable bonds is 36. The van der Waals surface area contributed by atoms with Crippen LogP contribution in [0.3, 0.4) is 0 Å². The predicted molar refractivity (Wildman–Crippen MR) is 197 cm³/mol. The highest BCUT2D eigenvalue weighted by Gasteiger charge is 2.24. The van der Waals surface area contributed by atoms with Crippen molar-refractivity contribution in [2.45, 2.75) is 232 Å². The Bertz CT molecular complexity index is 579. The van der Waals surface area contributed by atoms with Gasteiger partial charge < -0.3 is 14.9 Å². The fourth-order valence-electron chi connectivity index (χ4n) is 7.13. The zero-order valence-electron chi connectivity index (χ0n) is 30.5. The molecule has 1 aliphatic heterocycles. The van der Waals surface area contributed by atoms with Crippen LogP contribution in [0.25, 0.3) is 0 Å². The van der Waals surface area contributed by atoms with E-state index in [1.54, 1.807) is 0 Å². The summed E-state index contributed by atoms with van der Waals surface area (Å²) in [5.74, 6) is 0. The fraction of sp³-hybridized carbons (Fsp3) is 0.951. The Balaban J connectivity index is 2.00. The Hall–Kier alpha value is -0.700. The molecular weight excluding hydrogens is 536 g/mol. The van der Waals surface area contributed by atoms with Crippen LogP contribution in [0.1, 0.15) is 226 Å². The Morgan fingerprint density at radius 2 is 0.636 bits per heavy atom. The molecule has 1 atom stereocenters. The molecule has 1 rings (SSSR count). The molecule has 1 aliphatic rings. The first-order valence-electron chi connectivity index (χ1n) is 20.6. The average molecular weight is 619 g/mol. The van der Waals surface area contributed by atoms with Crippen molar-refractivity contribution in [3.05, 3.63) is 12.4 Å². The van der Waals surface area contributed by atoms with Gasteiger partial charge in [0.1, 0.15) is 6.17 Å². The Kier molecular flexibility index (Phi) is 31.6. The van der Waals surface area contributed by atoms with E-state index >= 15 is 0 Å². The number of hydrogen-bond acceptors (Lipinski definition) is 3. The molecule has 0 bridgehead atoms. The summed E-state index contributed by atoms with van der Waals surface area (Å²) in [6.07, 6.45) is 51.7. The van der Waals surface area contributed by atoms with E-state index in [0.717, 1.165) is 13.0 Å². The van der Waals surface area contributed by atoms with Crippen molar-refractivity contribution in [2.24, 2.45) is 0 Å². The topological polar surface area (TPSA) is 26.7 Å². The summed E-state index contributed by atoms with van der Waals surface area (Å²) in [5, 5.41) is 9.39. The van der Waals surface area contributed by atoms with Gasteiger partial charge in [-0.1, -0.05) is 200 Å². The molecule has 0 amide bonds. The molecule has 262 valence electrons. The summed E-state index contributed by atoms with van der Waals surface area (Å²) in [6.45, 7) is 7.10. The Morgan fingerprint density at radius 1 is 0.364 bits per heavy atom. The minimum absolute atomic E-state index is 0.301. The predicted octanol–water partition coefficient (Wildman–Crippen LogP) is 13.3. The van der Waals surface area contributed by atoms with E-state index in [1.807, 2.05) is 0 Å². The van der Waals surface area contributed by atoms with Crippen molar-refractivity contribution in [3.8, 4) is 0 Å². The van der Waals surface area contributed by atoms with Crippen LogP contribution in [-0.4, -0.2) is 40.8 Å². The summed E-state index contributed by atoms with van der Waals surface area (Å²) in [4.78, 5) is 5.12. The normalized spacial score (nSPS) is 14.8. The number of unbranched alkanes of at least 4 members (excludes halogenated alkanes) is 29. The standard InChI is InChI=1S/C41H82N2O/c1-3-5-7-9-11-13-15-17-19-21-23-25-27-29-31-33-36-42-38-39-43(37-34-40-44)41(42)35-32-30-28-26-24-22-20-18-16-14-12-10-8-6-4-2/h38-39,41,44H,3-37,40H2,1-2H3. The van der Waals surface area contributed by atoms with Gasteiger partial charge in [-0.05, 0) is 25.7 Å². The van der Waals surface area contributed by atoms with Crippen LogP contribution in [0.5, 0.6) is 0 Å². The first-order chi connectivity index (χ1) is 21.8. The molecule has 0 fully saturated rings. The molecule has 0 saturated carbocycles. The first kappa shape index (κ1) is 41.3. The minimum Gasteiger partial charge on any atom is -0.396 e. The average Bonchev–Trinajstić information content (AvgIpc) is 3.42. The van der Waals surface area contributed by atoms with E-state index < -0.39 is 0 Å². The van der Waals surface area contributed by atoms with Gasteiger partial charge in [-0.2, -0.15) is 0 Å². The van der Waals surface area contributed by atoms with Gasteiger partial charge in [-0.25, -0.2) is 0 Å². The molecule has 0 aromatic heterocycles. The Morgan fingerprint density at radius 3 is 0.955 bits per heavy atom. The van der Waals surface area contributed by atoms with Gasteiger partial charge in [0.25, 0.3) is 0 Å². The van der Waals surface area contributed by atoms with E-state index in [0.29, 0.717) is 12.8 Å². The lowest BCUT2D eigenvalue weighted by Crippen LogP contribution is -2.39. The largest absolute Gasteiger partial charge is 0.396 e. The number of aliphatic hydroxyl groups is 1. The maximum absolute atomic E-state index is 9.39. The molecule has 0 aromatic rings. The molecule has 44 heavy (non-hydrogen) atoms. The second kappa shape index (κ2) is 33.7. The van der Waals surface area contributed by atoms with Gasteiger partial charge in [0, 0.05) is 32.1 Å². The second-order valence-corrected chi connectivity index (χ2v) is 14.4. The zero-order chi connectivity index (χ0) is 31.6. The maximum Gasteiger partial charge on any atom is 0.101 e. The van der Waals surface area contributed by atoms with Crippen LogP contribution in [-0.2, 0) is 0 Å². The molecule has 0 saturated heterocycles. The lowest BCUT2D eigenvalue weighted by atomic mass is 10.0. The highest BCUT2D eigenvalue weighted by molar-refractivity contribution is 4.97. The lowest BCUT2D eigenvalue weighted by molar-refractivity contribution is 0.129. The number of hydrogen-bond donors (Lipinski definition) is 1. The third-order valence-corrected chi connectivity index (χ3v) is 10.1. The molecule has 1 N–H and O–H groups in total. The van der Waals surface area contributed by atoms with Gasteiger partial charge in [0.15, 0.2) is 0 Å². The second-order valence-electron chi connectivity index (χ2n) is 14.4. The van der Waals surface area contributed by atoms with E-state index in [2.05, 4.69) is 36.0 Å². The third kappa shape index (κ3) is 25.5. The molecular formula is C41H82N2O. The fourth-order valence-corrected chi connectivity index (χ4v) is 7.13. The number of aliphatic hydroxyl groups excluding tert-OH is 1. The lowest BCUT2D eigenvalue weighted by Gasteiger charge is -2.33. The molecule has 0 aliphatic carbocycles. The van der Waals surface area contributed by atoms with Crippen LogP contribution in [0.15, 0.2) is 12.4 Å². The summed E-state index contributed by atoms with van der Waals surface area (Å²) in [6, 6.07) is 0. The van der Waals surface area contributed by atoms with Crippen molar-refractivity contribution in [1.29, 1.82) is 0 Å². The van der Waals surface area contributed by atoms with E-state index in [4.69, 9.17) is 0 Å². The minimum atomic E-state index is 0.301. The van der Waals surface area contributed by atoms with Crippen molar-refractivity contribution in [1.82, 2.24) is 9.80 Å².